The van der Waals surface area contributed by atoms with Crippen molar-refractivity contribution in [1.82, 2.24) is 0 Å². The van der Waals surface area contributed by atoms with Crippen molar-refractivity contribution in [2.24, 2.45) is 5.73 Å². The standard InChI is InChI=1S/C15H24N2/c1-15(2,12-17)14-9-7-13(8-10-14)6-4-3-5-11-16/h7-11,16H,3-6,12,17H2,1-2H3. The minimum Gasteiger partial charge on any atom is -0.330 e. The third kappa shape index (κ3) is 4.31. The van der Waals surface area contributed by atoms with E-state index in [1.807, 2.05) is 0 Å². The Balaban J connectivity index is 2.53. The van der Waals surface area contributed by atoms with E-state index >= 15 is 0 Å². The van der Waals surface area contributed by atoms with Crippen LogP contribution < -0.4 is 5.73 Å². The number of nitrogens with two attached hydrogens (primary N) is 1. The molecule has 0 heterocycles. The van der Waals surface area contributed by atoms with Gasteiger partial charge in [0.15, 0.2) is 0 Å². The number of hydrogen-bond donors (Lipinski definition) is 2. The molecule has 2 nitrogen and oxygen atoms in total. The molecule has 94 valence electrons. The molecule has 1 aromatic carbocycles. The maximum atomic E-state index is 6.97. The van der Waals surface area contributed by atoms with Crippen molar-refractivity contribution in [3.05, 3.63) is 35.4 Å². The van der Waals surface area contributed by atoms with Crippen LogP contribution in [0.5, 0.6) is 0 Å². The molecule has 0 radical (unpaired) electrons. The molecule has 0 saturated heterocycles. The molecule has 0 aromatic heterocycles. The summed E-state index contributed by atoms with van der Waals surface area (Å²) >= 11 is 0. The molecule has 0 amide bonds. The molecule has 0 unspecified atom stereocenters. The number of unbranched alkanes of at least 4 members (excludes halogenated alkanes) is 2. The van der Waals surface area contributed by atoms with Crippen LogP contribution in [0.15, 0.2) is 24.3 Å². The summed E-state index contributed by atoms with van der Waals surface area (Å²) in [6, 6.07) is 8.80. The highest BCUT2D eigenvalue weighted by atomic mass is 14.6. The summed E-state index contributed by atoms with van der Waals surface area (Å²) in [5.41, 5.74) is 8.53. The normalized spacial score (nSPS) is 11.5. The molecule has 0 bridgehead atoms. The number of nitrogens with one attached hydrogen (secondary N) is 1. The number of aryl methyl sites for hydroxylation is 1. The molecular weight excluding hydrogens is 208 g/mol. The van der Waals surface area contributed by atoms with Gasteiger partial charge in [0.1, 0.15) is 0 Å². The summed E-state index contributed by atoms with van der Waals surface area (Å²) in [6.45, 7) is 5.02. The second-order valence-electron chi connectivity index (χ2n) is 5.23. The lowest BCUT2D eigenvalue weighted by Crippen LogP contribution is -2.27. The van der Waals surface area contributed by atoms with Crippen LogP contribution in [0, 0.1) is 5.41 Å². The second kappa shape index (κ2) is 6.55. The highest BCUT2D eigenvalue weighted by Crippen LogP contribution is 2.22. The van der Waals surface area contributed by atoms with Crippen LogP contribution in [-0.4, -0.2) is 12.8 Å². The van der Waals surface area contributed by atoms with Crippen LogP contribution in [0.3, 0.4) is 0 Å². The van der Waals surface area contributed by atoms with Gasteiger partial charge >= 0.3 is 0 Å². The molecule has 3 N–H and O–H groups in total. The number of hydrogen-bond acceptors (Lipinski definition) is 2. The predicted molar refractivity (Wildman–Crippen MR) is 74.9 cm³/mol. The SMILES string of the molecule is CC(C)(CN)c1ccc(CCCCC=N)cc1. The van der Waals surface area contributed by atoms with Crippen molar-refractivity contribution in [1.29, 1.82) is 5.41 Å². The van der Waals surface area contributed by atoms with E-state index in [0.29, 0.717) is 6.54 Å². The molecule has 0 aliphatic carbocycles. The Morgan fingerprint density at radius 3 is 2.35 bits per heavy atom. The van der Waals surface area contributed by atoms with Crippen LogP contribution in [0.25, 0.3) is 0 Å². The van der Waals surface area contributed by atoms with E-state index in [0.717, 1.165) is 25.7 Å². The molecule has 1 aromatic rings. The fourth-order valence-corrected chi connectivity index (χ4v) is 1.82. The van der Waals surface area contributed by atoms with E-state index < -0.39 is 0 Å². The maximum Gasteiger partial charge on any atom is 0.00190 e. The van der Waals surface area contributed by atoms with Crippen LogP contribution in [-0.2, 0) is 11.8 Å². The van der Waals surface area contributed by atoms with Crippen LogP contribution in [0.2, 0.25) is 0 Å². The van der Waals surface area contributed by atoms with Gasteiger partial charge in [-0.1, -0.05) is 38.1 Å². The fourth-order valence-electron chi connectivity index (χ4n) is 1.82. The average Bonchev–Trinajstić information content (AvgIpc) is 2.35. The van der Waals surface area contributed by atoms with E-state index in [2.05, 4.69) is 38.1 Å². The van der Waals surface area contributed by atoms with E-state index in [1.54, 1.807) is 0 Å². The Morgan fingerprint density at radius 1 is 1.18 bits per heavy atom. The minimum atomic E-state index is 0.0682. The monoisotopic (exact) mass is 232 g/mol. The highest BCUT2D eigenvalue weighted by Gasteiger charge is 2.17. The maximum absolute atomic E-state index is 6.97. The molecule has 0 aliphatic heterocycles. The third-order valence-corrected chi connectivity index (χ3v) is 3.31. The molecule has 2 heteroatoms. The van der Waals surface area contributed by atoms with E-state index in [-0.39, 0.29) is 5.41 Å². The van der Waals surface area contributed by atoms with Crippen LogP contribution >= 0.6 is 0 Å². The van der Waals surface area contributed by atoms with Crippen molar-refractivity contribution in [3.8, 4) is 0 Å². The van der Waals surface area contributed by atoms with Crippen molar-refractivity contribution >= 4 is 6.21 Å². The molecular formula is C15H24N2. The Labute approximate surface area is 105 Å². The first-order valence-electron chi connectivity index (χ1n) is 6.38. The molecule has 0 fully saturated rings. The van der Waals surface area contributed by atoms with Gasteiger partial charge in [-0.15, -0.1) is 0 Å². The van der Waals surface area contributed by atoms with E-state index in [1.165, 1.54) is 17.3 Å². The summed E-state index contributed by atoms with van der Waals surface area (Å²) in [7, 11) is 0. The molecule has 1 rings (SSSR count). The predicted octanol–water partition coefficient (Wildman–Crippen LogP) is 3.29. The first-order valence-corrected chi connectivity index (χ1v) is 6.38. The largest absolute Gasteiger partial charge is 0.330 e. The lowest BCUT2D eigenvalue weighted by Gasteiger charge is -2.23. The molecule has 0 aliphatic rings. The van der Waals surface area contributed by atoms with Crippen LogP contribution in [0.4, 0.5) is 0 Å². The lowest BCUT2D eigenvalue weighted by molar-refractivity contribution is 0.539. The van der Waals surface area contributed by atoms with Crippen molar-refractivity contribution in [2.75, 3.05) is 6.54 Å². The third-order valence-electron chi connectivity index (χ3n) is 3.31. The Hall–Kier alpha value is -1.15. The molecule has 0 saturated carbocycles. The van der Waals surface area contributed by atoms with Crippen molar-refractivity contribution in [3.63, 3.8) is 0 Å². The first kappa shape index (κ1) is 13.9. The highest BCUT2D eigenvalue weighted by molar-refractivity contribution is 5.52. The van der Waals surface area contributed by atoms with Gasteiger partial charge in [0.25, 0.3) is 0 Å². The van der Waals surface area contributed by atoms with Gasteiger partial charge in [-0.05, 0) is 43.0 Å². The zero-order chi connectivity index (χ0) is 12.7. The summed E-state index contributed by atoms with van der Waals surface area (Å²) in [5, 5.41) is 6.97. The van der Waals surface area contributed by atoms with Gasteiger partial charge in [-0.25, -0.2) is 0 Å². The van der Waals surface area contributed by atoms with Gasteiger partial charge in [0, 0.05) is 12.0 Å². The second-order valence-corrected chi connectivity index (χ2v) is 5.23. The Morgan fingerprint density at radius 2 is 1.82 bits per heavy atom. The number of benzene rings is 1. The van der Waals surface area contributed by atoms with Crippen molar-refractivity contribution < 1.29 is 0 Å². The quantitative estimate of drug-likeness (QED) is 0.550. The summed E-state index contributed by atoms with van der Waals surface area (Å²) < 4.78 is 0. The van der Waals surface area contributed by atoms with Gasteiger partial charge < -0.3 is 11.1 Å². The average molecular weight is 232 g/mol. The van der Waals surface area contributed by atoms with Gasteiger partial charge in [-0.3, -0.25) is 0 Å². The summed E-state index contributed by atoms with van der Waals surface area (Å²) in [5.74, 6) is 0. The number of rotatable bonds is 7. The molecule has 0 spiro atoms. The lowest BCUT2D eigenvalue weighted by atomic mass is 9.84. The summed E-state index contributed by atoms with van der Waals surface area (Å²) in [6.07, 6.45) is 5.77. The minimum absolute atomic E-state index is 0.0682. The Bertz CT molecular complexity index is 338. The topological polar surface area (TPSA) is 49.9 Å². The zero-order valence-corrected chi connectivity index (χ0v) is 11.0. The van der Waals surface area contributed by atoms with E-state index in [9.17, 15) is 0 Å². The smallest absolute Gasteiger partial charge is 0.00190 e. The van der Waals surface area contributed by atoms with Gasteiger partial charge in [-0.2, -0.15) is 0 Å². The van der Waals surface area contributed by atoms with E-state index in [4.69, 9.17) is 11.1 Å². The molecule has 17 heavy (non-hydrogen) atoms. The zero-order valence-electron chi connectivity index (χ0n) is 11.0. The van der Waals surface area contributed by atoms with Gasteiger partial charge in [0.2, 0.25) is 0 Å². The molecule has 0 atom stereocenters. The van der Waals surface area contributed by atoms with Crippen LogP contribution in [0.1, 0.15) is 44.2 Å². The summed E-state index contributed by atoms with van der Waals surface area (Å²) in [4.78, 5) is 0. The fraction of sp³-hybridized carbons (Fsp3) is 0.533. The first-order chi connectivity index (χ1) is 8.10. The Kier molecular flexibility index (Phi) is 5.36. The van der Waals surface area contributed by atoms with Gasteiger partial charge in [0.05, 0.1) is 0 Å². The van der Waals surface area contributed by atoms with Crippen molar-refractivity contribution in [2.45, 2.75) is 44.9 Å².